The first-order valence-electron chi connectivity index (χ1n) is 0.204. The normalized spacial score (nSPS) is 1.00. The van der Waals surface area contributed by atoms with Gasteiger partial charge in [0, 0.05) is 0 Å². The second-order valence-corrected chi connectivity index (χ2v) is 0. The van der Waals surface area contributed by atoms with Gasteiger partial charge in [0.15, 0.2) is 0 Å². The van der Waals surface area contributed by atoms with E-state index in [1.54, 1.807) is 9.12 Å². The van der Waals surface area contributed by atoms with Crippen LogP contribution in [-0.4, -0.2) is 0 Å². The summed E-state index contributed by atoms with van der Waals surface area (Å²) in [6, 6.07) is 0. The van der Waals surface area contributed by atoms with Crippen LogP contribution < -0.4 is 6.15 Å². The predicted octanol–water partition coefficient (Wildman–Crippen LogP) is 0.695. The van der Waals surface area contributed by atoms with Crippen molar-refractivity contribution in [2.75, 3.05) is 0 Å². The average Bonchev–Trinajstić information content (AvgIpc) is 1.00. The largest absolute Gasteiger partial charge is 0.344 e. The van der Waals surface area contributed by atoms with Crippen LogP contribution in [0.25, 0.3) is 0 Å². The quantitative estimate of drug-likeness (QED) is 0.454. The Kier molecular flexibility index (Phi) is 555. The van der Waals surface area contributed by atoms with Crippen LogP contribution in [0.4, 0.5) is 0 Å². The number of hydrogen-bond donors (Lipinski definition) is 1. The highest BCUT2D eigenvalue weighted by Gasteiger charge is 0.667. The lowest BCUT2D eigenvalue weighted by molar-refractivity contribution is 0.607. The maximum Gasteiger partial charge on any atom is 0.138 e. The molecule has 2 nitrogen and oxygen atoms in total. The van der Waals surface area contributed by atoms with Crippen LogP contribution in [0.1, 0.15) is 0 Å². The molecule has 0 rings (SSSR count). The highest BCUT2D eigenvalue weighted by Crippen LogP contribution is 1.23. The molecular weight excluding hydrogens is 92.0 g/mol. The van der Waals surface area contributed by atoms with Gasteiger partial charge in [-0.2, -0.15) is 9.90 Å². The first-order valence-corrected chi connectivity index (χ1v) is 0.612. The summed E-state index contributed by atoms with van der Waals surface area (Å²) in [6.45, 7) is 0. The van der Waals surface area contributed by atoms with Gasteiger partial charge < -0.3 is 6.15 Å². The minimum atomic E-state index is 0. The summed E-state index contributed by atoms with van der Waals surface area (Å²) in [5.41, 5.74) is 0. The summed E-state index contributed by atoms with van der Waals surface area (Å²) in [6.07, 6.45) is 0. The molecule has 1 unspecified atom stereocenters. The van der Waals surface area contributed by atoms with E-state index in [1.165, 1.54) is 0 Å². The SMILES string of the molecule is N.O=P.P. The molecule has 0 aromatic heterocycles. The summed E-state index contributed by atoms with van der Waals surface area (Å²) in [5.74, 6) is 0. The van der Waals surface area contributed by atoms with Gasteiger partial charge in [-0.15, -0.1) is 0 Å². The van der Waals surface area contributed by atoms with Gasteiger partial charge in [-0.05, 0) is 0 Å². The third-order valence-electron chi connectivity index (χ3n) is 0. The van der Waals surface area contributed by atoms with Crippen LogP contribution in [0.2, 0.25) is 0 Å². The van der Waals surface area contributed by atoms with E-state index in [1.807, 2.05) is 0 Å². The first-order chi connectivity index (χ1) is 1.00. The standard InChI is InChI=1S/H3N.HOP.H3P/c;1-2;/h1H3;2H;1H3. The summed E-state index contributed by atoms with van der Waals surface area (Å²) >= 11 is 0. The van der Waals surface area contributed by atoms with Crippen molar-refractivity contribution in [2.45, 2.75) is 0 Å². The van der Waals surface area contributed by atoms with Crippen molar-refractivity contribution < 1.29 is 4.57 Å². The van der Waals surface area contributed by atoms with Crippen LogP contribution >= 0.6 is 19.0 Å². The number of rotatable bonds is 0. The van der Waals surface area contributed by atoms with Gasteiger partial charge >= 0.3 is 0 Å². The topological polar surface area (TPSA) is 52.1 Å². The minimum Gasteiger partial charge on any atom is -0.344 e. The smallest absolute Gasteiger partial charge is 0.138 e. The summed E-state index contributed by atoms with van der Waals surface area (Å²) < 4.78 is 8.06. The molecule has 0 radical (unpaired) electrons. The molecule has 4 heavy (non-hydrogen) atoms. The van der Waals surface area contributed by atoms with Crippen molar-refractivity contribution in [3.8, 4) is 0 Å². The van der Waals surface area contributed by atoms with Crippen molar-refractivity contribution in [1.29, 1.82) is 0 Å². The number of hydrogen-bond acceptors (Lipinski definition) is 2. The maximum absolute atomic E-state index is 8.06. The van der Waals surface area contributed by atoms with Gasteiger partial charge in [0.25, 0.3) is 0 Å². The van der Waals surface area contributed by atoms with Crippen LogP contribution in [0.5, 0.6) is 0 Å². The molecule has 0 aromatic carbocycles. The predicted molar refractivity (Wildman–Crippen MR) is 25.1 cm³/mol. The molecule has 28 valence electrons. The summed E-state index contributed by atoms with van der Waals surface area (Å²) in [5, 5.41) is 0. The lowest BCUT2D eigenvalue weighted by Crippen LogP contribution is -0.489. The van der Waals surface area contributed by atoms with Crippen LogP contribution in [0, 0.1) is 0 Å². The van der Waals surface area contributed by atoms with Crippen molar-refractivity contribution in [2.24, 2.45) is 0 Å². The fourth-order valence-electron chi connectivity index (χ4n) is 0. The fraction of sp³-hybridized carbons (Fsp3) is 0. The molecule has 0 aliphatic carbocycles. The summed E-state index contributed by atoms with van der Waals surface area (Å²) in [7, 11) is 1.72. The third kappa shape index (κ3) is 23.0. The van der Waals surface area contributed by atoms with E-state index in [0.717, 1.165) is 0 Å². The molecule has 0 spiro atoms. The minimum absolute atomic E-state index is 0. The Bertz CT molecular complexity index is 6.00. The zero-order valence-corrected chi connectivity index (χ0v) is 4.74. The zero-order chi connectivity index (χ0) is 2.00. The van der Waals surface area contributed by atoms with Gasteiger partial charge in [-0.3, -0.25) is 4.57 Å². The Labute approximate surface area is 30.8 Å². The molecule has 0 aliphatic heterocycles. The Morgan fingerprint density at radius 1 is 1.25 bits per heavy atom. The first kappa shape index (κ1) is 24.6. The molecule has 0 saturated heterocycles. The molecule has 0 heterocycles. The molecule has 0 fully saturated rings. The van der Waals surface area contributed by atoms with Crippen LogP contribution in [0.3, 0.4) is 0 Å². The van der Waals surface area contributed by atoms with Crippen molar-refractivity contribution in [3.63, 3.8) is 0 Å². The van der Waals surface area contributed by atoms with Crippen molar-refractivity contribution >= 4 is 19.0 Å². The van der Waals surface area contributed by atoms with E-state index in [9.17, 15) is 0 Å². The van der Waals surface area contributed by atoms with E-state index >= 15 is 0 Å². The molecule has 4 heteroatoms. The second kappa shape index (κ2) is 90.1. The molecule has 0 amide bonds. The average molecular weight is 99.0 g/mol. The monoisotopic (exact) mass is 99.0 g/mol. The Hall–Kier alpha value is 0.490. The van der Waals surface area contributed by atoms with E-state index in [-0.39, 0.29) is 16.0 Å². The van der Waals surface area contributed by atoms with Crippen molar-refractivity contribution in [1.82, 2.24) is 6.15 Å². The second-order valence-electron chi connectivity index (χ2n) is 0. The molecule has 3 N–H and O–H groups in total. The third-order valence-corrected chi connectivity index (χ3v) is 0. The van der Waals surface area contributed by atoms with Gasteiger partial charge in [-0.1, -0.05) is 0 Å². The van der Waals surface area contributed by atoms with E-state index < -0.39 is 0 Å². The molecule has 0 bridgehead atoms. The molecule has 0 aliphatic rings. The summed E-state index contributed by atoms with van der Waals surface area (Å²) in [4.78, 5) is 0. The molecule has 0 saturated carbocycles. The maximum atomic E-state index is 8.06. The zero-order valence-electron chi connectivity index (χ0n) is 2.32. The van der Waals surface area contributed by atoms with Gasteiger partial charge in [-0.25, -0.2) is 0 Å². The highest BCUT2D eigenvalue weighted by molar-refractivity contribution is 7.00. The van der Waals surface area contributed by atoms with Gasteiger partial charge in [0.2, 0.25) is 0 Å². The Morgan fingerprint density at radius 3 is 1.25 bits per heavy atom. The van der Waals surface area contributed by atoms with Crippen LogP contribution in [0.15, 0.2) is 0 Å². The fourth-order valence-corrected chi connectivity index (χ4v) is 0. The highest BCUT2D eigenvalue weighted by atomic mass is 31.0. The van der Waals surface area contributed by atoms with Crippen molar-refractivity contribution in [3.05, 3.63) is 0 Å². The Balaban J connectivity index is -0.00000000500. The van der Waals surface area contributed by atoms with Gasteiger partial charge in [0.05, 0.1) is 0 Å². The molecule has 1 atom stereocenters. The van der Waals surface area contributed by atoms with E-state index in [4.69, 9.17) is 4.57 Å². The van der Waals surface area contributed by atoms with Crippen LogP contribution in [-0.2, 0) is 4.57 Å². The lowest BCUT2D eigenvalue weighted by Gasteiger charge is -0.807. The Morgan fingerprint density at radius 2 is 1.25 bits per heavy atom. The lowest BCUT2D eigenvalue weighted by atomic mass is 14.0. The van der Waals surface area contributed by atoms with E-state index in [0.29, 0.717) is 0 Å². The molecular formula is H7NOP2. The van der Waals surface area contributed by atoms with Gasteiger partial charge in [0.1, 0.15) is 9.12 Å². The molecule has 0 aromatic rings. The van der Waals surface area contributed by atoms with E-state index in [2.05, 4.69) is 0 Å².